The van der Waals surface area contributed by atoms with Crippen molar-refractivity contribution in [3.63, 3.8) is 0 Å². The highest BCUT2D eigenvalue weighted by Gasteiger charge is 2.18. The smallest absolute Gasteiger partial charge is 0.338 e. The molecular weight excluding hydrogens is 356 g/mol. The minimum absolute atomic E-state index is 0.0151. The van der Waals surface area contributed by atoms with Crippen LogP contribution in [-0.4, -0.2) is 49.9 Å². The van der Waals surface area contributed by atoms with Crippen LogP contribution in [0.2, 0.25) is 0 Å². The molecule has 7 heteroatoms. The Labute approximate surface area is 158 Å². The Kier molecular flexibility index (Phi) is 10.0. The molecule has 0 heterocycles. The first-order chi connectivity index (χ1) is 12.5. The summed E-state index contributed by atoms with van der Waals surface area (Å²) in [5, 5.41) is 0. The summed E-state index contributed by atoms with van der Waals surface area (Å²) in [6, 6.07) is 4.05. The molecule has 0 unspecified atom stereocenters. The van der Waals surface area contributed by atoms with Gasteiger partial charge in [0.2, 0.25) is 0 Å². The molecule has 0 aliphatic heterocycles. The van der Waals surface area contributed by atoms with E-state index in [-0.39, 0.29) is 48.9 Å². The zero-order chi connectivity index (χ0) is 19.4. The van der Waals surface area contributed by atoms with Crippen LogP contribution in [0.5, 0.6) is 0 Å². The standard InChI is InChI=1S/C19H22O6S/c1-3-6-23-13-17(20)14-10-15(18(21)24-7-4-2)12-16(11-14)19(22)25-8-5-9-26/h3-4,10-12,26H,1-2,5-9,13H2. The van der Waals surface area contributed by atoms with Crippen LogP contribution in [-0.2, 0) is 14.2 Å². The van der Waals surface area contributed by atoms with E-state index in [1.54, 1.807) is 0 Å². The van der Waals surface area contributed by atoms with Gasteiger partial charge in [-0.2, -0.15) is 12.6 Å². The van der Waals surface area contributed by atoms with Gasteiger partial charge in [-0.15, -0.1) is 6.58 Å². The number of esters is 2. The van der Waals surface area contributed by atoms with Gasteiger partial charge in [-0.25, -0.2) is 9.59 Å². The third kappa shape index (κ3) is 7.25. The number of hydrogen-bond acceptors (Lipinski definition) is 7. The molecule has 1 aromatic carbocycles. The van der Waals surface area contributed by atoms with Gasteiger partial charge in [0, 0.05) is 5.56 Å². The van der Waals surface area contributed by atoms with E-state index in [4.69, 9.17) is 14.2 Å². The quantitative estimate of drug-likeness (QED) is 0.198. The highest BCUT2D eigenvalue weighted by molar-refractivity contribution is 7.80. The molecule has 0 fully saturated rings. The van der Waals surface area contributed by atoms with E-state index in [1.165, 1.54) is 30.4 Å². The molecule has 0 aliphatic rings. The van der Waals surface area contributed by atoms with Gasteiger partial charge in [0.15, 0.2) is 5.78 Å². The summed E-state index contributed by atoms with van der Waals surface area (Å²) in [7, 11) is 0. The molecule has 0 aromatic heterocycles. The first kappa shape index (κ1) is 21.7. The minimum Gasteiger partial charge on any atom is -0.462 e. The van der Waals surface area contributed by atoms with Crippen LogP contribution in [0.4, 0.5) is 0 Å². The van der Waals surface area contributed by atoms with Crippen molar-refractivity contribution in [1.29, 1.82) is 0 Å². The van der Waals surface area contributed by atoms with Crippen LogP contribution in [0.1, 0.15) is 37.5 Å². The van der Waals surface area contributed by atoms with E-state index in [0.717, 1.165) is 0 Å². The summed E-state index contributed by atoms with van der Waals surface area (Å²) in [6.07, 6.45) is 3.53. The summed E-state index contributed by atoms with van der Waals surface area (Å²) in [5.74, 6) is -1.11. The zero-order valence-corrected chi connectivity index (χ0v) is 15.3. The van der Waals surface area contributed by atoms with Gasteiger partial charge < -0.3 is 14.2 Å². The Bertz CT molecular complexity index is 668. The van der Waals surface area contributed by atoms with E-state index in [0.29, 0.717) is 12.2 Å². The van der Waals surface area contributed by atoms with Crippen molar-refractivity contribution in [3.8, 4) is 0 Å². The number of ketones is 1. The van der Waals surface area contributed by atoms with Crippen LogP contribution in [0.25, 0.3) is 0 Å². The van der Waals surface area contributed by atoms with Crippen molar-refractivity contribution in [1.82, 2.24) is 0 Å². The number of Topliss-reactive ketones (excluding diaryl/α,β-unsaturated/α-hetero) is 1. The monoisotopic (exact) mass is 378 g/mol. The van der Waals surface area contributed by atoms with Crippen LogP contribution >= 0.6 is 12.6 Å². The molecule has 0 bridgehead atoms. The van der Waals surface area contributed by atoms with Gasteiger partial charge in [-0.05, 0) is 30.4 Å². The van der Waals surface area contributed by atoms with Crippen molar-refractivity contribution < 1.29 is 28.6 Å². The molecular formula is C19H22O6S. The van der Waals surface area contributed by atoms with Gasteiger partial charge in [-0.1, -0.05) is 18.7 Å². The molecule has 0 amide bonds. The van der Waals surface area contributed by atoms with Crippen LogP contribution in [0.15, 0.2) is 43.5 Å². The lowest BCUT2D eigenvalue weighted by molar-refractivity contribution is 0.0506. The third-order valence-electron chi connectivity index (χ3n) is 3.06. The maximum Gasteiger partial charge on any atom is 0.338 e. The van der Waals surface area contributed by atoms with Gasteiger partial charge in [0.05, 0.1) is 24.3 Å². The van der Waals surface area contributed by atoms with Gasteiger partial charge in [-0.3, -0.25) is 4.79 Å². The molecule has 1 rings (SSSR count). The predicted molar refractivity (Wildman–Crippen MR) is 101 cm³/mol. The molecule has 0 saturated carbocycles. The van der Waals surface area contributed by atoms with Crippen LogP contribution < -0.4 is 0 Å². The lowest BCUT2D eigenvalue weighted by Crippen LogP contribution is -2.15. The van der Waals surface area contributed by atoms with E-state index >= 15 is 0 Å². The van der Waals surface area contributed by atoms with Gasteiger partial charge in [0.1, 0.15) is 13.2 Å². The molecule has 0 saturated heterocycles. The number of carbonyl (C=O) groups excluding carboxylic acids is 3. The van der Waals surface area contributed by atoms with Crippen molar-refractivity contribution in [2.24, 2.45) is 0 Å². The lowest BCUT2D eigenvalue weighted by atomic mass is 10.0. The highest BCUT2D eigenvalue weighted by Crippen LogP contribution is 2.14. The fourth-order valence-corrected chi connectivity index (χ4v) is 2.00. The normalized spacial score (nSPS) is 10.0. The molecule has 0 radical (unpaired) electrons. The second-order valence-electron chi connectivity index (χ2n) is 5.13. The second-order valence-corrected chi connectivity index (χ2v) is 5.57. The fourth-order valence-electron chi connectivity index (χ4n) is 1.87. The van der Waals surface area contributed by atoms with Crippen molar-refractivity contribution in [2.45, 2.75) is 6.42 Å². The van der Waals surface area contributed by atoms with Gasteiger partial charge >= 0.3 is 11.9 Å². The van der Waals surface area contributed by atoms with Crippen LogP contribution in [0.3, 0.4) is 0 Å². The number of hydrogen-bond donors (Lipinski definition) is 1. The summed E-state index contributed by atoms with van der Waals surface area (Å²) in [6.45, 7) is 7.18. The molecule has 0 atom stereocenters. The molecule has 0 N–H and O–H groups in total. The molecule has 6 nitrogen and oxygen atoms in total. The average Bonchev–Trinajstić information content (AvgIpc) is 2.65. The first-order valence-corrected chi connectivity index (χ1v) is 8.59. The number of ether oxygens (including phenoxy) is 3. The first-order valence-electron chi connectivity index (χ1n) is 7.96. The Balaban J connectivity index is 3.06. The predicted octanol–water partition coefficient (Wildman–Crippen LogP) is 2.89. The van der Waals surface area contributed by atoms with Crippen molar-refractivity contribution >= 4 is 30.4 Å². The Morgan fingerprint density at radius 1 is 0.923 bits per heavy atom. The summed E-state index contributed by atoms with van der Waals surface area (Å²) >= 11 is 4.04. The maximum atomic E-state index is 12.3. The summed E-state index contributed by atoms with van der Waals surface area (Å²) < 4.78 is 15.2. The average molecular weight is 378 g/mol. The van der Waals surface area contributed by atoms with Gasteiger partial charge in [0.25, 0.3) is 0 Å². The highest BCUT2D eigenvalue weighted by atomic mass is 32.1. The van der Waals surface area contributed by atoms with Crippen LogP contribution in [0, 0.1) is 0 Å². The number of thiol groups is 1. The molecule has 1 aromatic rings. The van der Waals surface area contributed by atoms with E-state index in [9.17, 15) is 14.4 Å². The zero-order valence-electron chi connectivity index (χ0n) is 14.4. The van der Waals surface area contributed by atoms with E-state index in [1.807, 2.05) is 0 Å². The van der Waals surface area contributed by atoms with E-state index in [2.05, 4.69) is 25.8 Å². The number of carbonyl (C=O) groups is 3. The fraction of sp³-hybridized carbons (Fsp3) is 0.316. The second kappa shape index (κ2) is 12.1. The Morgan fingerprint density at radius 2 is 1.50 bits per heavy atom. The number of rotatable bonds is 12. The summed E-state index contributed by atoms with van der Waals surface area (Å²) in [4.78, 5) is 36.5. The lowest BCUT2D eigenvalue weighted by Gasteiger charge is -2.09. The number of benzene rings is 1. The van der Waals surface area contributed by atoms with Crippen molar-refractivity contribution in [2.75, 3.05) is 32.2 Å². The maximum absolute atomic E-state index is 12.3. The Morgan fingerprint density at radius 3 is 2.08 bits per heavy atom. The largest absolute Gasteiger partial charge is 0.462 e. The molecule has 140 valence electrons. The SMILES string of the molecule is C=CCOCC(=O)c1cc(C(=O)OCC=C)cc(C(=O)OCCCS)c1. The van der Waals surface area contributed by atoms with Crippen molar-refractivity contribution in [3.05, 3.63) is 60.2 Å². The molecule has 26 heavy (non-hydrogen) atoms. The van der Waals surface area contributed by atoms with E-state index < -0.39 is 11.9 Å². The topological polar surface area (TPSA) is 78.9 Å². The summed E-state index contributed by atoms with van der Waals surface area (Å²) in [5.41, 5.74) is 0.315. The third-order valence-corrected chi connectivity index (χ3v) is 3.38. The Hall–Kier alpha value is -2.38. The molecule has 0 spiro atoms. The molecule has 0 aliphatic carbocycles. The minimum atomic E-state index is -0.670.